The van der Waals surface area contributed by atoms with E-state index in [0.717, 1.165) is 10.0 Å². The van der Waals surface area contributed by atoms with Crippen molar-refractivity contribution in [2.24, 2.45) is 5.73 Å². The molecule has 0 aliphatic rings. The van der Waals surface area contributed by atoms with Gasteiger partial charge in [-0.1, -0.05) is 22.0 Å². The van der Waals surface area contributed by atoms with Crippen LogP contribution in [0.25, 0.3) is 0 Å². The molecule has 0 amide bonds. The van der Waals surface area contributed by atoms with Gasteiger partial charge in [0.25, 0.3) is 0 Å². The van der Waals surface area contributed by atoms with E-state index in [1.54, 1.807) is 7.11 Å². The molecule has 1 aromatic rings. The Bertz CT molecular complexity index is 381. The molecule has 0 spiro atoms. The number of carboxylic acid groups (broad SMARTS) is 1. The zero-order valence-electron chi connectivity index (χ0n) is 8.94. The van der Waals surface area contributed by atoms with Crippen LogP contribution in [0.3, 0.4) is 0 Å². The Morgan fingerprint density at radius 1 is 1.62 bits per heavy atom. The van der Waals surface area contributed by atoms with Crippen LogP contribution in [0.2, 0.25) is 0 Å². The molecule has 1 unspecified atom stereocenters. The Balaban J connectivity index is 2.81. The van der Waals surface area contributed by atoms with Crippen molar-refractivity contribution in [2.75, 3.05) is 7.11 Å². The van der Waals surface area contributed by atoms with Crippen molar-refractivity contribution in [1.82, 2.24) is 0 Å². The first-order valence-corrected chi connectivity index (χ1v) is 5.64. The van der Waals surface area contributed by atoms with Gasteiger partial charge in [-0.25, -0.2) is 0 Å². The van der Waals surface area contributed by atoms with Crippen molar-refractivity contribution in [1.29, 1.82) is 0 Å². The first kappa shape index (κ1) is 13.0. The predicted octanol–water partition coefficient (Wildman–Crippen LogP) is 2.32. The van der Waals surface area contributed by atoms with Gasteiger partial charge in [-0.2, -0.15) is 0 Å². The van der Waals surface area contributed by atoms with E-state index in [2.05, 4.69) is 15.9 Å². The number of methoxy groups -OCH3 is 1. The standard InChI is InChI=1S/C11H14BrNO3/c1-16-10-6-7(12)2-3-8(10)9(13)4-5-11(14)15/h2-3,6,9H,4-5,13H2,1H3,(H,14,15). The van der Waals surface area contributed by atoms with Gasteiger partial charge in [-0.15, -0.1) is 0 Å². The monoisotopic (exact) mass is 287 g/mol. The molecule has 0 aromatic heterocycles. The van der Waals surface area contributed by atoms with Crippen LogP contribution in [-0.2, 0) is 4.79 Å². The predicted molar refractivity (Wildman–Crippen MR) is 64.5 cm³/mol. The molecule has 0 bridgehead atoms. The molecule has 0 aliphatic heterocycles. The number of halogens is 1. The topological polar surface area (TPSA) is 72.5 Å². The van der Waals surface area contributed by atoms with Crippen LogP contribution in [-0.4, -0.2) is 18.2 Å². The van der Waals surface area contributed by atoms with Crippen LogP contribution in [0.1, 0.15) is 24.4 Å². The highest BCUT2D eigenvalue weighted by atomic mass is 79.9. The minimum absolute atomic E-state index is 0.0559. The highest BCUT2D eigenvalue weighted by Crippen LogP contribution is 2.29. The van der Waals surface area contributed by atoms with Crippen molar-refractivity contribution in [3.05, 3.63) is 28.2 Å². The summed E-state index contributed by atoms with van der Waals surface area (Å²) in [5.41, 5.74) is 6.74. The van der Waals surface area contributed by atoms with Gasteiger partial charge in [-0.05, 0) is 18.6 Å². The van der Waals surface area contributed by atoms with Gasteiger partial charge in [0.1, 0.15) is 5.75 Å². The van der Waals surface area contributed by atoms with Crippen LogP contribution in [0, 0.1) is 0 Å². The highest BCUT2D eigenvalue weighted by molar-refractivity contribution is 9.10. The second-order valence-corrected chi connectivity index (χ2v) is 4.34. The van der Waals surface area contributed by atoms with Gasteiger partial charge in [0, 0.05) is 22.5 Å². The smallest absolute Gasteiger partial charge is 0.303 e. The molecular weight excluding hydrogens is 274 g/mol. The summed E-state index contributed by atoms with van der Waals surface area (Å²) in [6, 6.07) is 5.20. The molecule has 88 valence electrons. The molecule has 16 heavy (non-hydrogen) atoms. The van der Waals surface area contributed by atoms with Crippen LogP contribution in [0.4, 0.5) is 0 Å². The van der Waals surface area contributed by atoms with E-state index in [-0.39, 0.29) is 12.5 Å². The summed E-state index contributed by atoms with van der Waals surface area (Å²) >= 11 is 3.33. The average Bonchev–Trinajstić information content (AvgIpc) is 2.25. The number of hydrogen-bond donors (Lipinski definition) is 2. The molecule has 3 N–H and O–H groups in total. The van der Waals surface area contributed by atoms with E-state index in [9.17, 15) is 4.79 Å². The van der Waals surface area contributed by atoms with Gasteiger partial charge >= 0.3 is 5.97 Å². The van der Waals surface area contributed by atoms with Crippen LogP contribution in [0.5, 0.6) is 5.75 Å². The third-order valence-corrected chi connectivity index (χ3v) is 2.76. The SMILES string of the molecule is COc1cc(Br)ccc1C(N)CCC(=O)O. The number of rotatable bonds is 5. The molecule has 1 aromatic carbocycles. The molecule has 1 atom stereocenters. The molecule has 0 saturated heterocycles. The molecule has 1 rings (SSSR count). The van der Waals surface area contributed by atoms with Gasteiger partial charge in [0.15, 0.2) is 0 Å². The number of benzene rings is 1. The summed E-state index contributed by atoms with van der Waals surface area (Å²) in [6.45, 7) is 0. The van der Waals surface area contributed by atoms with E-state index in [1.807, 2.05) is 18.2 Å². The normalized spacial score (nSPS) is 12.2. The van der Waals surface area contributed by atoms with E-state index in [1.165, 1.54) is 0 Å². The molecule has 0 heterocycles. The Hall–Kier alpha value is -1.07. The fourth-order valence-electron chi connectivity index (χ4n) is 1.43. The molecule has 0 saturated carbocycles. The number of carboxylic acids is 1. The number of nitrogens with two attached hydrogens (primary N) is 1. The zero-order valence-corrected chi connectivity index (χ0v) is 10.5. The zero-order chi connectivity index (χ0) is 12.1. The number of ether oxygens (including phenoxy) is 1. The van der Waals surface area contributed by atoms with Gasteiger partial charge in [0.2, 0.25) is 0 Å². The van der Waals surface area contributed by atoms with Crippen LogP contribution in [0.15, 0.2) is 22.7 Å². The fourth-order valence-corrected chi connectivity index (χ4v) is 1.77. The minimum Gasteiger partial charge on any atom is -0.496 e. The van der Waals surface area contributed by atoms with Crippen molar-refractivity contribution in [3.8, 4) is 5.75 Å². The van der Waals surface area contributed by atoms with Crippen LogP contribution >= 0.6 is 15.9 Å². The lowest BCUT2D eigenvalue weighted by Gasteiger charge is -2.15. The molecular formula is C11H14BrNO3. The maximum absolute atomic E-state index is 10.4. The third kappa shape index (κ3) is 3.50. The molecule has 0 fully saturated rings. The summed E-state index contributed by atoms with van der Waals surface area (Å²) < 4.78 is 6.10. The molecule has 0 radical (unpaired) electrons. The van der Waals surface area contributed by atoms with E-state index in [4.69, 9.17) is 15.6 Å². The highest BCUT2D eigenvalue weighted by Gasteiger charge is 2.13. The lowest BCUT2D eigenvalue weighted by molar-refractivity contribution is -0.137. The molecule has 0 aliphatic carbocycles. The Morgan fingerprint density at radius 3 is 2.88 bits per heavy atom. The summed E-state index contributed by atoms with van der Waals surface area (Å²) in [6.07, 6.45) is 0.452. The number of aliphatic carboxylic acids is 1. The summed E-state index contributed by atoms with van der Waals surface area (Å²) in [5.74, 6) is -0.168. The quantitative estimate of drug-likeness (QED) is 0.872. The minimum atomic E-state index is -0.841. The van der Waals surface area contributed by atoms with Crippen molar-refractivity contribution >= 4 is 21.9 Å². The molecule has 5 heteroatoms. The van der Waals surface area contributed by atoms with Crippen molar-refractivity contribution in [2.45, 2.75) is 18.9 Å². The average molecular weight is 288 g/mol. The summed E-state index contributed by atoms with van der Waals surface area (Å²) in [4.78, 5) is 10.4. The van der Waals surface area contributed by atoms with E-state index in [0.29, 0.717) is 12.2 Å². The maximum Gasteiger partial charge on any atom is 0.303 e. The van der Waals surface area contributed by atoms with Crippen molar-refractivity contribution < 1.29 is 14.6 Å². The lowest BCUT2D eigenvalue weighted by Crippen LogP contribution is -2.13. The van der Waals surface area contributed by atoms with Gasteiger partial charge in [-0.3, -0.25) is 4.79 Å². The summed E-state index contributed by atoms with van der Waals surface area (Å²) in [5, 5.41) is 8.59. The van der Waals surface area contributed by atoms with Gasteiger partial charge < -0.3 is 15.6 Å². The first-order valence-electron chi connectivity index (χ1n) is 4.85. The van der Waals surface area contributed by atoms with E-state index >= 15 is 0 Å². The molecule has 4 nitrogen and oxygen atoms in total. The Kier molecular flexibility index (Phi) is 4.76. The Labute approximate surface area is 103 Å². The first-order chi connectivity index (χ1) is 7.54. The second kappa shape index (κ2) is 5.86. The second-order valence-electron chi connectivity index (χ2n) is 3.43. The fraction of sp³-hybridized carbons (Fsp3) is 0.364. The summed E-state index contributed by atoms with van der Waals surface area (Å²) in [7, 11) is 1.56. The maximum atomic E-state index is 10.4. The van der Waals surface area contributed by atoms with E-state index < -0.39 is 5.97 Å². The number of hydrogen-bond acceptors (Lipinski definition) is 3. The van der Waals surface area contributed by atoms with Crippen molar-refractivity contribution in [3.63, 3.8) is 0 Å². The third-order valence-electron chi connectivity index (χ3n) is 2.26. The number of carbonyl (C=O) groups is 1. The Morgan fingerprint density at radius 2 is 2.31 bits per heavy atom. The van der Waals surface area contributed by atoms with Crippen LogP contribution < -0.4 is 10.5 Å². The largest absolute Gasteiger partial charge is 0.496 e. The lowest BCUT2D eigenvalue weighted by atomic mass is 10.0. The van der Waals surface area contributed by atoms with Gasteiger partial charge in [0.05, 0.1) is 7.11 Å².